The fraction of sp³-hybridized carbons (Fsp3) is 0.429. The highest BCUT2D eigenvalue weighted by Gasteiger charge is 2.32. The number of carbonyl (C=O) groups is 2. The van der Waals surface area contributed by atoms with Crippen LogP contribution in [0.2, 0.25) is 0 Å². The maximum absolute atomic E-state index is 12.3. The van der Waals surface area contributed by atoms with Crippen LogP contribution in [-0.2, 0) is 11.2 Å². The molecule has 0 atom stereocenters. The first-order chi connectivity index (χ1) is 8.30. The first kappa shape index (κ1) is 12.6. The van der Waals surface area contributed by atoms with Gasteiger partial charge in [-0.05, 0) is 24.1 Å². The Kier molecular flexibility index (Phi) is 2.89. The molecule has 4 heteroatoms. The smallest absolute Gasteiger partial charge is 0.335 e. The minimum atomic E-state index is -0.965. The maximum atomic E-state index is 12.3. The topological polar surface area (TPSA) is 57.6 Å². The van der Waals surface area contributed by atoms with Crippen molar-refractivity contribution in [3.05, 3.63) is 29.3 Å². The third kappa shape index (κ3) is 2.10. The zero-order valence-corrected chi connectivity index (χ0v) is 10.9. The van der Waals surface area contributed by atoms with E-state index in [9.17, 15) is 9.59 Å². The van der Waals surface area contributed by atoms with E-state index >= 15 is 0 Å². The summed E-state index contributed by atoms with van der Waals surface area (Å²) in [6, 6.07) is 4.98. The van der Waals surface area contributed by atoms with E-state index in [0.717, 1.165) is 17.7 Å². The van der Waals surface area contributed by atoms with Crippen LogP contribution in [0, 0.1) is 5.41 Å². The third-order valence-corrected chi connectivity index (χ3v) is 3.11. The van der Waals surface area contributed by atoms with Crippen molar-refractivity contribution in [1.29, 1.82) is 0 Å². The van der Waals surface area contributed by atoms with Gasteiger partial charge in [-0.2, -0.15) is 0 Å². The van der Waals surface area contributed by atoms with Gasteiger partial charge in [-0.3, -0.25) is 4.79 Å². The molecule has 1 aromatic rings. The summed E-state index contributed by atoms with van der Waals surface area (Å²) in [4.78, 5) is 25.0. The number of carbonyl (C=O) groups excluding carboxylic acids is 1. The summed E-state index contributed by atoms with van der Waals surface area (Å²) >= 11 is 0. The highest BCUT2D eigenvalue weighted by atomic mass is 16.4. The number of amides is 1. The molecule has 0 unspecified atom stereocenters. The van der Waals surface area contributed by atoms with Crippen LogP contribution in [0.3, 0.4) is 0 Å². The molecule has 0 bridgehead atoms. The lowest BCUT2D eigenvalue weighted by Crippen LogP contribution is -2.38. The molecule has 0 fully saturated rings. The molecule has 0 saturated carbocycles. The number of anilines is 1. The average molecular weight is 247 g/mol. The number of fused-ring (bicyclic) bond motifs is 1. The Morgan fingerprint density at radius 1 is 1.28 bits per heavy atom. The summed E-state index contributed by atoms with van der Waals surface area (Å²) in [7, 11) is 0. The summed E-state index contributed by atoms with van der Waals surface area (Å²) in [5, 5.41) is 9.00. The molecule has 96 valence electrons. The van der Waals surface area contributed by atoms with E-state index in [1.54, 1.807) is 23.1 Å². The van der Waals surface area contributed by atoms with Gasteiger partial charge in [0.25, 0.3) is 0 Å². The lowest BCUT2D eigenvalue weighted by Gasteiger charge is -2.26. The number of carboxylic acid groups (broad SMARTS) is 1. The number of rotatable bonds is 1. The van der Waals surface area contributed by atoms with Crippen molar-refractivity contribution < 1.29 is 14.7 Å². The Bertz CT molecular complexity index is 514. The van der Waals surface area contributed by atoms with Crippen LogP contribution in [0.4, 0.5) is 5.69 Å². The van der Waals surface area contributed by atoms with Gasteiger partial charge in [-0.1, -0.05) is 26.8 Å². The number of carboxylic acids is 1. The van der Waals surface area contributed by atoms with Crippen LogP contribution in [0.15, 0.2) is 18.2 Å². The molecule has 18 heavy (non-hydrogen) atoms. The van der Waals surface area contributed by atoms with Crippen molar-refractivity contribution in [3.63, 3.8) is 0 Å². The minimum absolute atomic E-state index is 0.0313. The van der Waals surface area contributed by atoms with E-state index in [2.05, 4.69) is 0 Å². The fourth-order valence-corrected chi connectivity index (χ4v) is 2.13. The molecule has 4 nitrogen and oxygen atoms in total. The largest absolute Gasteiger partial charge is 0.478 e. The van der Waals surface area contributed by atoms with Gasteiger partial charge in [0.05, 0.1) is 5.56 Å². The van der Waals surface area contributed by atoms with Crippen molar-refractivity contribution in [3.8, 4) is 0 Å². The first-order valence-corrected chi connectivity index (χ1v) is 5.99. The summed E-state index contributed by atoms with van der Waals surface area (Å²) in [6.07, 6.45) is 0.789. The molecule has 1 aliphatic rings. The van der Waals surface area contributed by atoms with Gasteiger partial charge in [0.1, 0.15) is 0 Å². The van der Waals surface area contributed by atoms with E-state index in [1.165, 1.54) is 0 Å². The zero-order chi connectivity index (χ0) is 13.5. The van der Waals surface area contributed by atoms with Crippen LogP contribution in [0.1, 0.15) is 36.7 Å². The Balaban J connectivity index is 2.40. The molecule has 2 rings (SSSR count). The van der Waals surface area contributed by atoms with Crippen LogP contribution < -0.4 is 4.90 Å². The second-order valence-electron chi connectivity index (χ2n) is 5.61. The monoisotopic (exact) mass is 247 g/mol. The minimum Gasteiger partial charge on any atom is -0.478 e. The average Bonchev–Trinajstić information content (AvgIpc) is 2.68. The predicted octanol–water partition coefficient (Wildman–Crippen LogP) is 2.32. The van der Waals surface area contributed by atoms with Crippen molar-refractivity contribution >= 4 is 17.6 Å². The molecule has 0 aliphatic carbocycles. The van der Waals surface area contributed by atoms with Crippen LogP contribution >= 0.6 is 0 Å². The normalized spacial score (nSPS) is 14.5. The number of hydrogen-bond donors (Lipinski definition) is 1. The predicted molar refractivity (Wildman–Crippen MR) is 68.9 cm³/mol. The third-order valence-electron chi connectivity index (χ3n) is 3.11. The molecule has 1 aliphatic heterocycles. The molecule has 0 saturated heterocycles. The zero-order valence-electron chi connectivity index (χ0n) is 10.9. The quantitative estimate of drug-likeness (QED) is 0.828. The standard InChI is InChI=1S/C14H17NO3/c1-14(2,3)13(18)15-7-6-9-4-5-10(12(16)17)8-11(9)15/h4-5,8H,6-7H2,1-3H3,(H,16,17). The van der Waals surface area contributed by atoms with Crippen LogP contribution in [0.25, 0.3) is 0 Å². The van der Waals surface area contributed by atoms with E-state index in [4.69, 9.17) is 5.11 Å². The second kappa shape index (κ2) is 4.12. The lowest BCUT2D eigenvalue weighted by atomic mass is 9.94. The molecular formula is C14H17NO3. The van der Waals surface area contributed by atoms with Crippen molar-refractivity contribution in [2.45, 2.75) is 27.2 Å². The second-order valence-corrected chi connectivity index (χ2v) is 5.61. The van der Waals surface area contributed by atoms with Gasteiger partial charge in [0, 0.05) is 17.6 Å². The summed E-state index contributed by atoms with van der Waals surface area (Å²) in [5.74, 6) is -0.934. The number of benzene rings is 1. The summed E-state index contributed by atoms with van der Waals surface area (Å²) in [6.45, 7) is 6.24. The van der Waals surface area contributed by atoms with Gasteiger partial charge >= 0.3 is 5.97 Å². The van der Waals surface area contributed by atoms with Gasteiger partial charge < -0.3 is 10.0 Å². The Morgan fingerprint density at radius 3 is 2.50 bits per heavy atom. The lowest BCUT2D eigenvalue weighted by molar-refractivity contribution is -0.125. The van der Waals surface area contributed by atoms with Crippen molar-refractivity contribution in [2.24, 2.45) is 5.41 Å². The number of aromatic carboxylic acids is 1. The Labute approximate surface area is 106 Å². The molecular weight excluding hydrogens is 230 g/mol. The highest BCUT2D eigenvalue weighted by Crippen LogP contribution is 2.32. The van der Waals surface area contributed by atoms with E-state index in [0.29, 0.717) is 6.54 Å². The Hall–Kier alpha value is -1.84. The highest BCUT2D eigenvalue weighted by molar-refractivity contribution is 6.00. The molecule has 1 N–H and O–H groups in total. The summed E-state index contributed by atoms with van der Waals surface area (Å²) < 4.78 is 0. The van der Waals surface area contributed by atoms with Gasteiger partial charge in [0.2, 0.25) is 5.91 Å². The van der Waals surface area contributed by atoms with E-state index < -0.39 is 11.4 Å². The van der Waals surface area contributed by atoms with Gasteiger partial charge in [-0.25, -0.2) is 4.79 Å². The van der Waals surface area contributed by atoms with Crippen molar-refractivity contribution in [1.82, 2.24) is 0 Å². The fourth-order valence-electron chi connectivity index (χ4n) is 2.13. The number of nitrogens with zero attached hydrogens (tertiary/aromatic N) is 1. The van der Waals surface area contributed by atoms with Gasteiger partial charge in [-0.15, -0.1) is 0 Å². The summed E-state index contributed by atoms with van der Waals surface area (Å²) in [5.41, 5.74) is 1.55. The molecule has 1 amide bonds. The molecule has 0 aromatic heterocycles. The number of hydrogen-bond acceptors (Lipinski definition) is 2. The Morgan fingerprint density at radius 2 is 1.94 bits per heavy atom. The van der Waals surface area contributed by atoms with Crippen molar-refractivity contribution in [2.75, 3.05) is 11.4 Å². The maximum Gasteiger partial charge on any atom is 0.335 e. The first-order valence-electron chi connectivity index (χ1n) is 5.99. The molecule has 1 heterocycles. The molecule has 0 spiro atoms. The van der Waals surface area contributed by atoms with Gasteiger partial charge in [0.15, 0.2) is 0 Å². The van der Waals surface area contributed by atoms with E-state index in [1.807, 2.05) is 20.8 Å². The van der Waals surface area contributed by atoms with Crippen LogP contribution in [-0.4, -0.2) is 23.5 Å². The molecule has 0 radical (unpaired) electrons. The SMILES string of the molecule is CC(C)(C)C(=O)N1CCc2ccc(C(=O)O)cc21. The molecule has 1 aromatic carbocycles. The van der Waals surface area contributed by atoms with Crippen LogP contribution in [0.5, 0.6) is 0 Å². The van der Waals surface area contributed by atoms with E-state index in [-0.39, 0.29) is 11.5 Å².